The number of hydrogen-bond donors (Lipinski definition) is 0. The van der Waals surface area contributed by atoms with Gasteiger partial charge in [0.1, 0.15) is 13.3 Å². The first-order valence-corrected chi connectivity index (χ1v) is 7.28. The van der Waals surface area contributed by atoms with E-state index in [1.165, 1.54) is 15.3 Å². The lowest BCUT2D eigenvalue weighted by Gasteiger charge is -2.32. The zero-order valence-electron chi connectivity index (χ0n) is 8.97. The lowest BCUT2D eigenvalue weighted by molar-refractivity contribution is -0.124. The van der Waals surface area contributed by atoms with Gasteiger partial charge in [-0.3, -0.25) is 9.69 Å². The number of thioether (sulfide) groups is 1. The standard InChI is InChI=1S/C11H10IN3OS/c12-8-1-3-9(4-2-8)14-6-13-11-15(7-14)10(16)5-17-11/h1-4H,5-7H2. The normalized spacial score (nSPS) is 19.4. The molecule has 0 radical (unpaired) electrons. The summed E-state index contributed by atoms with van der Waals surface area (Å²) >= 11 is 3.81. The molecule has 1 aromatic rings. The first-order valence-electron chi connectivity index (χ1n) is 5.22. The molecular formula is C11H10IN3OS. The number of carbonyl (C=O) groups excluding carboxylic acids is 1. The third kappa shape index (κ3) is 2.15. The number of amidine groups is 1. The molecule has 3 rings (SSSR count). The molecule has 88 valence electrons. The van der Waals surface area contributed by atoms with Crippen LogP contribution in [0.15, 0.2) is 29.3 Å². The molecule has 1 saturated heterocycles. The molecule has 2 heterocycles. The number of fused-ring (bicyclic) bond motifs is 1. The van der Waals surface area contributed by atoms with Crippen molar-refractivity contribution >= 4 is 51.1 Å². The van der Waals surface area contributed by atoms with Crippen LogP contribution in [0.2, 0.25) is 0 Å². The molecule has 1 fully saturated rings. The van der Waals surface area contributed by atoms with Crippen LogP contribution < -0.4 is 4.90 Å². The van der Waals surface area contributed by atoms with Crippen molar-refractivity contribution in [3.05, 3.63) is 27.8 Å². The Hall–Kier alpha value is -0.760. The van der Waals surface area contributed by atoms with Crippen molar-refractivity contribution in [2.45, 2.75) is 0 Å². The van der Waals surface area contributed by atoms with Crippen LogP contribution in [0.5, 0.6) is 0 Å². The number of amides is 1. The monoisotopic (exact) mass is 359 g/mol. The number of halogens is 1. The maximum Gasteiger partial charge on any atom is 0.240 e. The highest BCUT2D eigenvalue weighted by molar-refractivity contribution is 14.1. The number of aliphatic imine (C=N–C) groups is 1. The Morgan fingerprint density at radius 1 is 1.29 bits per heavy atom. The molecule has 0 N–H and O–H groups in total. The van der Waals surface area contributed by atoms with E-state index in [1.54, 1.807) is 4.90 Å². The minimum atomic E-state index is 0.156. The maximum absolute atomic E-state index is 11.6. The zero-order valence-corrected chi connectivity index (χ0v) is 11.9. The van der Waals surface area contributed by atoms with Crippen LogP contribution in [0.3, 0.4) is 0 Å². The Labute approximate surface area is 117 Å². The number of hydrogen-bond acceptors (Lipinski definition) is 4. The van der Waals surface area contributed by atoms with E-state index in [9.17, 15) is 4.79 Å². The van der Waals surface area contributed by atoms with Gasteiger partial charge in [-0.15, -0.1) is 0 Å². The third-order valence-electron chi connectivity index (χ3n) is 2.74. The van der Waals surface area contributed by atoms with E-state index in [4.69, 9.17) is 0 Å². The molecule has 0 atom stereocenters. The number of benzene rings is 1. The lowest BCUT2D eigenvalue weighted by atomic mass is 10.3. The van der Waals surface area contributed by atoms with Crippen LogP contribution in [0.4, 0.5) is 5.69 Å². The van der Waals surface area contributed by atoms with E-state index >= 15 is 0 Å². The second-order valence-corrected chi connectivity index (χ2v) is 6.04. The molecule has 0 aromatic heterocycles. The van der Waals surface area contributed by atoms with E-state index in [0.717, 1.165) is 10.9 Å². The molecule has 6 heteroatoms. The predicted molar refractivity (Wildman–Crippen MR) is 78.1 cm³/mol. The zero-order chi connectivity index (χ0) is 11.8. The average molecular weight is 359 g/mol. The molecule has 0 aliphatic carbocycles. The topological polar surface area (TPSA) is 35.9 Å². The van der Waals surface area contributed by atoms with Gasteiger partial charge in [-0.2, -0.15) is 0 Å². The maximum atomic E-state index is 11.6. The smallest absolute Gasteiger partial charge is 0.240 e. The summed E-state index contributed by atoms with van der Waals surface area (Å²) in [5, 5.41) is 0.872. The molecule has 0 bridgehead atoms. The Morgan fingerprint density at radius 3 is 2.82 bits per heavy atom. The molecule has 1 aromatic carbocycles. The SMILES string of the molecule is O=C1CSC2=NCN(c3ccc(I)cc3)CN12. The van der Waals surface area contributed by atoms with Gasteiger partial charge in [0, 0.05) is 9.26 Å². The summed E-state index contributed by atoms with van der Waals surface area (Å²) in [5.74, 6) is 0.684. The Bertz CT molecular complexity index is 488. The quantitative estimate of drug-likeness (QED) is 0.720. The second kappa shape index (κ2) is 4.49. The van der Waals surface area contributed by atoms with Crippen LogP contribution in [-0.2, 0) is 4.79 Å². The summed E-state index contributed by atoms with van der Waals surface area (Å²) in [6, 6.07) is 8.26. The van der Waals surface area contributed by atoms with Gasteiger partial charge in [0.05, 0.1) is 5.75 Å². The van der Waals surface area contributed by atoms with Gasteiger partial charge >= 0.3 is 0 Å². The van der Waals surface area contributed by atoms with E-state index in [2.05, 4.69) is 56.7 Å². The van der Waals surface area contributed by atoms with Crippen molar-refractivity contribution in [3.63, 3.8) is 0 Å². The fourth-order valence-corrected chi connectivity index (χ4v) is 3.07. The lowest BCUT2D eigenvalue weighted by Crippen LogP contribution is -2.45. The highest BCUT2D eigenvalue weighted by Crippen LogP contribution is 2.26. The van der Waals surface area contributed by atoms with Crippen LogP contribution in [-0.4, -0.2) is 35.1 Å². The summed E-state index contributed by atoms with van der Waals surface area (Å²) in [6.07, 6.45) is 0. The van der Waals surface area contributed by atoms with Gasteiger partial charge in [0.15, 0.2) is 5.17 Å². The van der Waals surface area contributed by atoms with Crippen molar-refractivity contribution in [1.29, 1.82) is 0 Å². The molecule has 0 unspecified atom stereocenters. The van der Waals surface area contributed by atoms with Crippen molar-refractivity contribution < 1.29 is 4.79 Å². The van der Waals surface area contributed by atoms with E-state index in [1.807, 2.05) is 0 Å². The van der Waals surface area contributed by atoms with Crippen LogP contribution in [0.1, 0.15) is 0 Å². The molecule has 17 heavy (non-hydrogen) atoms. The predicted octanol–water partition coefficient (Wildman–Crippen LogP) is 1.96. The van der Waals surface area contributed by atoms with Gasteiger partial charge in [0.2, 0.25) is 5.91 Å². The molecule has 1 amide bonds. The van der Waals surface area contributed by atoms with Gasteiger partial charge in [0.25, 0.3) is 0 Å². The highest BCUT2D eigenvalue weighted by atomic mass is 127. The molecule has 2 aliphatic heterocycles. The summed E-state index contributed by atoms with van der Waals surface area (Å²) in [4.78, 5) is 19.9. The third-order valence-corrected chi connectivity index (χ3v) is 4.46. The summed E-state index contributed by atoms with van der Waals surface area (Å²) in [7, 11) is 0. The summed E-state index contributed by atoms with van der Waals surface area (Å²) < 4.78 is 1.21. The van der Waals surface area contributed by atoms with Crippen LogP contribution in [0.25, 0.3) is 0 Å². The van der Waals surface area contributed by atoms with Crippen molar-refractivity contribution in [1.82, 2.24) is 4.90 Å². The average Bonchev–Trinajstić information content (AvgIpc) is 2.72. The van der Waals surface area contributed by atoms with E-state index in [0.29, 0.717) is 19.1 Å². The first-order chi connectivity index (χ1) is 8.24. The first kappa shape index (κ1) is 11.3. The Balaban J connectivity index is 1.83. The van der Waals surface area contributed by atoms with Gasteiger partial charge in [-0.1, -0.05) is 11.8 Å². The van der Waals surface area contributed by atoms with Crippen molar-refractivity contribution in [2.75, 3.05) is 24.0 Å². The number of nitrogens with zero attached hydrogens (tertiary/aromatic N) is 3. The summed E-state index contributed by atoms with van der Waals surface area (Å²) in [6.45, 7) is 1.25. The number of anilines is 1. The molecule has 0 saturated carbocycles. The van der Waals surface area contributed by atoms with Crippen molar-refractivity contribution in [3.8, 4) is 0 Å². The van der Waals surface area contributed by atoms with E-state index < -0.39 is 0 Å². The largest absolute Gasteiger partial charge is 0.334 e. The van der Waals surface area contributed by atoms with Gasteiger partial charge in [-0.25, -0.2) is 4.99 Å². The minimum absolute atomic E-state index is 0.156. The number of rotatable bonds is 1. The Morgan fingerprint density at radius 2 is 2.06 bits per heavy atom. The fourth-order valence-electron chi connectivity index (χ4n) is 1.84. The fraction of sp³-hybridized carbons (Fsp3) is 0.273. The molecular weight excluding hydrogens is 349 g/mol. The van der Waals surface area contributed by atoms with E-state index in [-0.39, 0.29) is 5.91 Å². The highest BCUT2D eigenvalue weighted by Gasteiger charge is 2.32. The molecule has 0 spiro atoms. The van der Waals surface area contributed by atoms with Crippen molar-refractivity contribution in [2.24, 2.45) is 4.99 Å². The van der Waals surface area contributed by atoms with Gasteiger partial charge < -0.3 is 4.90 Å². The van der Waals surface area contributed by atoms with Crippen LogP contribution >= 0.6 is 34.4 Å². The second-order valence-electron chi connectivity index (χ2n) is 3.85. The number of carbonyl (C=O) groups is 1. The van der Waals surface area contributed by atoms with Crippen LogP contribution in [0, 0.1) is 3.57 Å². The molecule has 2 aliphatic rings. The molecule has 4 nitrogen and oxygen atoms in total. The Kier molecular flexibility index (Phi) is 2.99. The van der Waals surface area contributed by atoms with Gasteiger partial charge in [-0.05, 0) is 46.9 Å². The minimum Gasteiger partial charge on any atom is -0.334 e. The summed E-state index contributed by atoms with van der Waals surface area (Å²) in [5.41, 5.74) is 1.11.